The molecule has 19 heavy (non-hydrogen) atoms. The van der Waals surface area contributed by atoms with E-state index < -0.39 is 0 Å². The summed E-state index contributed by atoms with van der Waals surface area (Å²) in [5.41, 5.74) is 1.74. The molecule has 5 heteroatoms. The van der Waals surface area contributed by atoms with Gasteiger partial charge in [0.25, 0.3) is 0 Å². The lowest BCUT2D eigenvalue weighted by Gasteiger charge is -2.09. The highest BCUT2D eigenvalue weighted by Crippen LogP contribution is 2.24. The lowest BCUT2D eigenvalue weighted by atomic mass is 10.2. The molecule has 2 aromatic rings. The molecule has 98 valence electrons. The molecule has 0 saturated heterocycles. The van der Waals surface area contributed by atoms with Crippen molar-refractivity contribution >= 4 is 16.3 Å². The van der Waals surface area contributed by atoms with Crippen LogP contribution >= 0.6 is 11.3 Å². The molecule has 0 fully saturated rings. The van der Waals surface area contributed by atoms with Gasteiger partial charge in [0.2, 0.25) is 0 Å². The van der Waals surface area contributed by atoms with Crippen molar-refractivity contribution in [2.24, 2.45) is 0 Å². The maximum Gasteiger partial charge on any atom is 0.122 e. The van der Waals surface area contributed by atoms with E-state index in [9.17, 15) is 0 Å². The third-order valence-corrected chi connectivity index (χ3v) is 3.49. The molecular weight excluding hydrogens is 260 g/mol. The summed E-state index contributed by atoms with van der Waals surface area (Å²) >= 11 is 1.52. The van der Waals surface area contributed by atoms with E-state index in [2.05, 4.69) is 11.4 Å². The van der Waals surface area contributed by atoms with Crippen LogP contribution in [0.3, 0.4) is 0 Å². The standard InChI is InChI=1S/C14H14N2O2S/c1-17-12-3-10(4-13(6-12)18-2)8-16-14-5-11(7-15)9-19-14/h3-6,9,16H,8H2,1-2H3. The lowest BCUT2D eigenvalue weighted by molar-refractivity contribution is 0.393. The first-order valence-electron chi connectivity index (χ1n) is 5.69. The number of ether oxygens (including phenoxy) is 2. The summed E-state index contributed by atoms with van der Waals surface area (Å²) in [6, 6.07) is 9.69. The minimum Gasteiger partial charge on any atom is -0.497 e. The first kappa shape index (κ1) is 13.2. The Bertz CT molecular complexity index is 579. The highest BCUT2D eigenvalue weighted by molar-refractivity contribution is 7.14. The van der Waals surface area contributed by atoms with Crippen LogP contribution in [0.25, 0.3) is 0 Å². The fourth-order valence-corrected chi connectivity index (χ4v) is 2.37. The van der Waals surface area contributed by atoms with Crippen LogP contribution < -0.4 is 14.8 Å². The Labute approximate surface area is 116 Å². The second-order valence-electron chi connectivity index (χ2n) is 3.89. The second-order valence-corrected chi connectivity index (χ2v) is 4.80. The fraction of sp³-hybridized carbons (Fsp3) is 0.214. The summed E-state index contributed by atoms with van der Waals surface area (Å²) in [7, 11) is 3.26. The van der Waals surface area contributed by atoms with Crippen LogP contribution in [0, 0.1) is 11.3 Å². The maximum absolute atomic E-state index is 8.77. The van der Waals surface area contributed by atoms with Gasteiger partial charge in [-0.2, -0.15) is 5.26 Å². The normalized spacial score (nSPS) is 9.74. The molecule has 0 amide bonds. The molecule has 0 aliphatic carbocycles. The molecule has 0 spiro atoms. The molecule has 0 unspecified atom stereocenters. The molecule has 1 aromatic heterocycles. The molecule has 0 saturated carbocycles. The van der Waals surface area contributed by atoms with E-state index >= 15 is 0 Å². The Kier molecular flexibility index (Phi) is 4.26. The number of thiophene rings is 1. The summed E-state index contributed by atoms with van der Waals surface area (Å²) < 4.78 is 10.4. The predicted octanol–water partition coefficient (Wildman–Crippen LogP) is 3.25. The third-order valence-electron chi connectivity index (χ3n) is 2.61. The Morgan fingerprint density at radius 2 is 1.84 bits per heavy atom. The predicted molar refractivity (Wildman–Crippen MR) is 75.9 cm³/mol. The number of benzene rings is 1. The Balaban J connectivity index is 2.08. The van der Waals surface area contributed by atoms with Gasteiger partial charge >= 0.3 is 0 Å². The Hall–Kier alpha value is -2.19. The highest BCUT2D eigenvalue weighted by atomic mass is 32.1. The van der Waals surface area contributed by atoms with Crippen molar-refractivity contribution in [1.29, 1.82) is 5.26 Å². The third kappa shape index (κ3) is 3.39. The van der Waals surface area contributed by atoms with Gasteiger partial charge in [-0.3, -0.25) is 0 Å². The van der Waals surface area contributed by atoms with Crippen molar-refractivity contribution < 1.29 is 9.47 Å². The number of anilines is 1. The van der Waals surface area contributed by atoms with Crippen LogP contribution in [0.1, 0.15) is 11.1 Å². The molecule has 1 N–H and O–H groups in total. The zero-order valence-corrected chi connectivity index (χ0v) is 11.6. The number of nitriles is 1. The van der Waals surface area contributed by atoms with Crippen molar-refractivity contribution in [2.45, 2.75) is 6.54 Å². The Morgan fingerprint density at radius 1 is 1.16 bits per heavy atom. The summed E-state index contributed by atoms with van der Waals surface area (Å²) in [5, 5.41) is 14.8. The fourth-order valence-electron chi connectivity index (χ4n) is 1.65. The van der Waals surface area contributed by atoms with Gasteiger partial charge in [0.15, 0.2) is 0 Å². The van der Waals surface area contributed by atoms with Gasteiger partial charge in [0, 0.05) is 18.0 Å². The lowest BCUT2D eigenvalue weighted by Crippen LogP contribution is -1.99. The number of rotatable bonds is 5. The van der Waals surface area contributed by atoms with Crippen molar-refractivity contribution in [3.8, 4) is 17.6 Å². The van der Waals surface area contributed by atoms with Crippen LogP contribution in [-0.2, 0) is 6.54 Å². The van der Waals surface area contributed by atoms with Gasteiger partial charge in [-0.25, -0.2) is 0 Å². The molecule has 2 rings (SSSR count). The van der Waals surface area contributed by atoms with Crippen molar-refractivity contribution in [3.05, 3.63) is 40.8 Å². The summed E-state index contributed by atoms with van der Waals surface area (Å²) in [4.78, 5) is 0. The smallest absolute Gasteiger partial charge is 0.122 e. The first-order valence-corrected chi connectivity index (χ1v) is 6.57. The molecule has 4 nitrogen and oxygen atoms in total. The molecule has 1 heterocycles. The number of nitrogens with zero attached hydrogens (tertiary/aromatic N) is 1. The highest BCUT2D eigenvalue weighted by Gasteiger charge is 2.03. The van der Waals surface area contributed by atoms with Gasteiger partial charge in [-0.15, -0.1) is 11.3 Å². The molecule has 0 aliphatic heterocycles. The van der Waals surface area contributed by atoms with E-state index in [0.29, 0.717) is 12.1 Å². The minimum absolute atomic E-state index is 0.652. The van der Waals surface area contributed by atoms with Crippen LogP contribution in [0.15, 0.2) is 29.6 Å². The van der Waals surface area contributed by atoms with Crippen molar-refractivity contribution in [2.75, 3.05) is 19.5 Å². The van der Waals surface area contributed by atoms with E-state index in [-0.39, 0.29) is 0 Å². The van der Waals surface area contributed by atoms with E-state index in [1.165, 1.54) is 11.3 Å². The molecule has 1 aromatic carbocycles. The van der Waals surface area contributed by atoms with Crippen molar-refractivity contribution in [3.63, 3.8) is 0 Å². The number of hydrogen-bond donors (Lipinski definition) is 1. The minimum atomic E-state index is 0.652. The molecule has 0 aliphatic rings. The summed E-state index contributed by atoms with van der Waals surface area (Å²) in [6.07, 6.45) is 0. The van der Waals surface area contributed by atoms with Crippen molar-refractivity contribution in [1.82, 2.24) is 0 Å². The molecule has 0 atom stereocenters. The zero-order chi connectivity index (χ0) is 13.7. The van der Waals surface area contributed by atoms with E-state index in [4.69, 9.17) is 14.7 Å². The number of nitrogens with one attached hydrogen (secondary N) is 1. The second kappa shape index (κ2) is 6.12. The SMILES string of the molecule is COc1cc(CNc2cc(C#N)cs2)cc(OC)c1. The average molecular weight is 274 g/mol. The first-order chi connectivity index (χ1) is 9.25. The summed E-state index contributed by atoms with van der Waals surface area (Å²) in [5.74, 6) is 1.53. The number of hydrogen-bond acceptors (Lipinski definition) is 5. The van der Waals surface area contributed by atoms with Gasteiger partial charge in [-0.1, -0.05) is 0 Å². The van der Waals surface area contributed by atoms with E-state index in [1.807, 2.05) is 29.6 Å². The van der Waals surface area contributed by atoms with Crippen LogP contribution in [0.4, 0.5) is 5.00 Å². The van der Waals surface area contributed by atoms with Crippen LogP contribution in [0.5, 0.6) is 11.5 Å². The zero-order valence-electron chi connectivity index (χ0n) is 10.8. The van der Waals surface area contributed by atoms with E-state index in [1.54, 1.807) is 14.2 Å². The van der Waals surface area contributed by atoms with Gasteiger partial charge in [0.1, 0.15) is 17.6 Å². The molecule has 0 bridgehead atoms. The van der Waals surface area contributed by atoms with Gasteiger partial charge in [-0.05, 0) is 23.8 Å². The summed E-state index contributed by atoms with van der Waals surface area (Å²) in [6.45, 7) is 0.652. The largest absolute Gasteiger partial charge is 0.497 e. The van der Waals surface area contributed by atoms with Gasteiger partial charge < -0.3 is 14.8 Å². The maximum atomic E-state index is 8.77. The number of methoxy groups -OCH3 is 2. The van der Waals surface area contributed by atoms with Crippen LogP contribution in [-0.4, -0.2) is 14.2 Å². The average Bonchev–Trinajstić information content (AvgIpc) is 2.92. The monoisotopic (exact) mass is 274 g/mol. The van der Waals surface area contributed by atoms with E-state index in [0.717, 1.165) is 22.1 Å². The van der Waals surface area contributed by atoms with Crippen LogP contribution in [0.2, 0.25) is 0 Å². The topological polar surface area (TPSA) is 54.3 Å². The quantitative estimate of drug-likeness (QED) is 0.909. The Morgan fingerprint density at radius 3 is 2.37 bits per heavy atom. The molecular formula is C14H14N2O2S. The molecule has 0 radical (unpaired) electrons. The van der Waals surface area contributed by atoms with Gasteiger partial charge in [0.05, 0.1) is 24.8 Å².